The Labute approximate surface area is 81.3 Å². The molecule has 2 saturated carbocycles. The van der Waals surface area contributed by atoms with Crippen molar-refractivity contribution in [2.45, 2.75) is 26.7 Å². The molecule has 2 aliphatic rings. The van der Waals surface area contributed by atoms with Gasteiger partial charge in [0, 0.05) is 5.92 Å². The molecule has 0 aromatic rings. The molecule has 2 fully saturated rings. The maximum atomic E-state index is 11.6. The lowest BCUT2D eigenvalue weighted by atomic mass is 9.69. The molecule has 0 saturated heterocycles. The summed E-state index contributed by atoms with van der Waals surface area (Å²) < 4.78 is 0. The van der Waals surface area contributed by atoms with E-state index in [4.69, 9.17) is 5.11 Å². The number of ketones is 2. The largest absolute Gasteiger partial charge is 0.480 e. The number of aliphatic carboxylic acids is 1. The minimum Gasteiger partial charge on any atom is -0.480 e. The zero-order chi connectivity index (χ0) is 10.7. The Balaban J connectivity index is 2.65. The highest BCUT2D eigenvalue weighted by Crippen LogP contribution is 2.62. The predicted octanol–water partition coefficient (Wildman–Crippen LogP) is 0.645. The van der Waals surface area contributed by atoms with Gasteiger partial charge in [-0.1, -0.05) is 13.8 Å². The molecule has 0 amide bonds. The summed E-state index contributed by atoms with van der Waals surface area (Å²) in [5.41, 5.74) is -2.15. The summed E-state index contributed by atoms with van der Waals surface area (Å²) >= 11 is 0. The first-order chi connectivity index (χ1) is 6.35. The number of fused-ring (bicyclic) bond motifs is 2. The average molecular weight is 196 g/mol. The first-order valence-electron chi connectivity index (χ1n) is 4.68. The fourth-order valence-corrected chi connectivity index (χ4v) is 3.05. The molecule has 4 nitrogen and oxygen atoms in total. The second kappa shape index (κ2) is 2.24. The van der Waals surface area contributed by atoms with Gasteiger partial charge in [0.2, 0.25) is 11.6 Å². The number of hydrogen-bond acceptors (Lipinski definition) is 3. The molecule has 76 valence electrons. The standard InChI is InChI=1S/C10H12O4/c1-9(2)5-3-4-10(9,8(13)14)7(12)6(5)11/h5H,3-4H2,1-2H3,(H,13,14)/t5-,10-/m0/s1. The van der Waals surface area contributed by atoms with Crippen molar-refractivity contribution in [3.8, 4) is 0 Å². The highest BCUT2D eigenvalue weighted by Gasteiger charge is 2.72. The molecule has 0 radical (unpaired) electrons. The van der Waals surface area contributed by atoms with Crippen molar-refractivity contribution in [1.29, 1.82) is 0 Å². The van der Waals surface area contributed by atoms with E-state index in [0.29, 0.717) is 12.8 Å². The Bertz CT molecular complexity index is 355. The maximum Gasteiger partial charge on any atom is 0.318 e. The summed E-state index contributed by atoms with van der Waals surface area (Å²) in [4.78, 5) is 34.3. The zero-order valence-electron chi connectivity index (χ0n) is 8.16. The van der Waals surface area contributed by atoms with Gasteiger partial charge in [-0.25, -0.2) is 0 Å². The smallest absolute Gasteiger partial charge is 0.318 e. The predicted molar refractivity (Wildman–Crippen MR) is 46.6 cm³/mol. The van der Waals surface area contributed by atoms with Crippen LogP contribution in [0.3, 0.4) is 0 Å². The zero-order valence-corrected chi connectivity index (χ0v) is 8.16. The first kappa shape index (κ1) is 9.37. The van der Waals surface area contributed by atoms with Crippen molar-refractivity contribution < 1.29 is 19.5 Å². The van der Waals surface area contributed by atoms with Crippen LogP contribution in [0.2, 0.25) is 0 Å². The van der Waals surface area contributed by atoms with Crippen LogP contribution in [0.25, 0.3) is 0 Å². The van der Waals surface area contributed by atoms with Gasteiger partial charge in [-0.05, 0) is 18.3 Å². The van der Waals surface area contributed by atoms with Crippen LogP contribution in [-0.4, -0.2) is 22.6 Å². The van der Waals surface area contributed by atoms with E-state index in [1.165, 1.54) is 0 Å². The number of carboxylic acid groups (broad SMARTS) is 1. The number of rotatable bonds is 1. The lowest BCUT2D eigenvalue weighted by Crippen LogP contribution is -2.44. The van der Waals surface area contributed by atoms with Crippen LogP contribution in [0.4, 0.5) is 0 Å². The van der Waals surface area contributed by atoms with Crippen LogP contribution in [0, 0.1) is 16.7 Å². The molecule has 2 bridgehead atoms. The van der Waals surface area contributed by atoms with Gasteiger partial charge in [0.15, 0.2) is 0 Å². The fourth-order valence-electron chi connectivity index (χ4n) is 3.05. The third-order valence-electron chi connectivity index (χ3n) is 4.07. The summed E-state index contributed by atoms with van der Waals surface area (Å²) in [6.45, 7) is 3.42. The summed E-state index contributed by atoms with van der Waals surface area (Å²) in [6.07, 6.45) is 0.842. The number of Topliss-reactive ketones (excluding diaryl/α,β-unsaturated/α-hetero) is 2. The number of carbonyl (C=O) groups excluding carboxylic acids is 2. The number of carboxylic acids is 1. The lowest BCUT2D eigenvalue weighted by Gasteiger charge is -2.30. The quantitative estimate of drug-likeness (QED) is 0.493. The third kappa shape index (κ3) is 0.656. The SMILES string of the molecule is CC1(C)[C@H]2CC[C@@]1(C(=O)O)C(=O)C2=O. The first-order valence-corrected chi connectivity index (χ1v) is 4.68. The Morgan fingerprint density at radius 3 is 2.29 bits per heavy atom. The molecule has 2 aliphatic carbocycles. The minimum atomic E-state index is -1.44. The molecular weight excluding hydrogens is 184 g/mol. The lowest BCUT2D eigenvalue weighted by molar-refractivity contribution is -0.160. The minimum absolute atomic E-state index is 0.310. The van der Waals surface area contributed by atoms with E-state index in [9.17, 15) is 14.4 Å². The van der Waals surface area contributed by atoms with E-state index < -0.39 is 28.4 Å². The molecule has 0 aromatic carbocycles. The summed E-state index contributed by atoms with van der Waals surface area (Å²) in [5, 5.41) is 9.14. The molecule has 0 aromatic heterocycles. The van der Waals surface area contributed by atoms with E-state index in [-0.39, 0.29) is 5.92 Å². The van der Waals surface area contributed by atoms with Crippen LogP contribution in [0.1, 0.15) is 26.7 Å². The Morgan fingerprint density at radius 2 is 2.00 bits per heavy atom. The molecule has 4 heteroatoms. The second-order valence-electron chi connectivity index (χ2n) is 4.72. The van der Waals surface area contributed by atoms with Gasteiger partial charge in [-0.15, -0.1) is 0 Å². The van der Waals surface area contributed by atoms with E-state index in [0.717, 1.165) is 0 Å². The monoisotopic (exact) mass is 196 g/mol. The van der Waals surface area contributed by atoms with E-state index in [1.54, 1.807) is 13.8 Å². The van der Waals surface area contributed by atoms with E-state index in [2.05, 4.69) is 0 Å². The van der Waals surface area contributed by atoms with Gasteiger partial charge in [-0.2, -0.15) is 0 Å². The van der Waals surface area contributed by atoms with Gasteiger partial charge in [0.25, 0.3) is 0 Å². The molecule has 0 heterocycles. The van der Waals surface area contributed by atoms with Gasteiger partial charge >= 0.3 is 5.97 Å². The normalized spacial score (nSPS) is 39.1. The van der Waals surface area contributed by atoms with Gasteiger partial charge in [-0.3, -0.25) is 14.4 Å². The maximum absolute atomic E-state index is 11.6. The fraction of sp³-hybridized carbons (Fsp3) is 0.700. The Kier molecular flexibility index (Phi) is 1.50. The number of carbonyl (C=O) groups is 3. The topological polar surface area (TPSA) is 71.4 Å². The van der Waals surface area contributed by atoms with Crippen LogP contribution in [-0.2, 0) is 14.4 Å². The summed E-state index contributed by atoms with van der Waals surface area (Å²) in [6, 6.07) is 0. The molecule has 2 rings (SSSR count). The number of hydrogen-bond donors (Lipinski definition) is 1. The van der Waals surface area contributed by atoms with E-state index in [1.807, 2.05) is 0 Å². The molecule has 0 spiro atoms. The van der Waals surface area contributed by atoms with Crippen molar-refractivity contribution in [2.24, 2.45) is 16.7 Å². The average Bonchev–Trinajstić information content (AvgIpc) is 2.41. The van der Waals surface area contributed by atoms with Crippen LogP contribution in [0.15, 0.2) is 0 Å². The van der Waals surface area contributed by atoms with Crippen molar-refractivity contribution in [2.75, 3.05) is 0 Å². The van der Waals surface area contributed by atoms with E-state index >= 15 is 0 Å². The van der Waals surface area contributed by atoms with Crippen molar-refractivity contribution >= 4 is 17.5 Å². The molecule has 2 atom stereocenters. The Hall–Kier alpha value is -1.19. The van der Waals surface area contributed by atoms with Crippen molar-refractivity contribution in [1.82, 2.24) is 0 Å². The molecule has 14 heavy (non-hydrogen) atoms. The Morgan fingerprint density at radius 1 is 1.43 bits per heavy atom. The molecule has 1 N–H and O–H groups in total. The highest BCUT2D eigenvalue weighted by molar-refractivity contribution is 6.47. The van der Waals surface area contributed by atoms with Crippen molar-refractivity contribution in [3.05, 3.63) is 0 Å². The van der Waals surface area contributed by atoms with Gasteiger partial charge in [0.1, 0.15) is 5.41 Å². The molecular formula is C10H12O4. The summed E-state index contributed by atoms with van der Waals surface area (Å²) in [5.74, 6) is -2.69. The van der Waals surface area contributed by atoms with Crippen molar-refractivity contribution in [3.63, 3.8) is 0 Å². The van der Waals surface area contributed by atoms with Crippen LogP contribution < -0.4 is 0 Å². The van der Waals surface area contributed by atoms with Gasteiger partial charge in [0.05, 0.1) is 0 Å². The second-order valence-corrected chi connectivity index (χ2v) is 4.72. The van der Waals surface area contributed by atoms with Crippen LogP contribution in [0.5, 0.6) is 0 Å². The third-order valence-corrected chi connectivity index (χ3v) is 4.07. The molecule has 0 unspecified atom stereocenters. The van der Waals surface area contributed by atoms with Gasteiger partial charge < -0.3 is 5.11 Å². The highest BCUT2D eigenvalue weighted by atomic mass is 16.4. The molecule has 0 aliphatic heterocycles. The van der Waals surface area contributed by atoms with Crippen LogP contribution >= 0.6 is 0 Å². The summed E-state index contributed by atoms with van der Waals surface area (Å²) in [7, 11) is 0.